The van der Waals surface area contributed by atoms with Crippen LogP contribution in [0.15, 0.2) is 12.7 Å². The predicted molar refractivity (Wildman–Crippen MR) is 151 cm³/mol. The molecule has 2 saturated heterocycles. The van der Waals surface area contributed by atoms with Gasteiger partial charge in [-0.3, -0.25) is 9.36 Å². The number of carbonyl (C=O) groups is 1. The highest BCUT2D eigenvalue weighted by Crippen LogP contribution is 2.60. The lowest BCUT2D eigenvalue weighted by atomic mass is 9.48. The molecule has 11 heteroatoms. The average Bonchev–Trinajstić information content (AvgIpc) is 3.55. The summed E-state index contributed by atoms with van der Waals surface area (Å²) in [6, 6.07) is 0. The van der Waals surface area contributed by atoms with Crippen molar-refractivity contribution in [2.45, 2.75) is 116 Å². The zero-order valence-corrected chi connectivity index (χ0v) is 25.1. The van der Waals surface area contributed by atoms with Crippen LogP contribution in [0, 0.1) is 23.2 Å². The van der Waals surface area contributed by atoms with Crippen LogP contribution >= 0.6 is 0 Å². The molecule has 41 heavy (non-hydrogen) atoms. The first-order valence-corrected chi connectivity index (χ1v) is 15.2. The van der Waals surface area contributed by atoms with E-state index in [-0.39, 0.29) is 30.0 Å². The highest BCUT2D eigenvalue weighted by atomic mass is 16.8. The minimum absolute atomic E-state index is 0.112. The van der Waals surface area contributed by atoms with Gasteiger partial charge in [0, 0.05) is 19.4 Å². The number of anilines is 1. The van der Waals surface area contributed by atoms with Crippen molar-refractivity contribution in [1.29, 1.82) is 0 Å². The highest BCUT2D eigenvalue weighted by Gasteiger charge is 2.57. The molecule has 3 unspecified atom stereocenters. The van der Waals surface area contributed by atoms with Crippen LogP contribution in [-0.2, 0) is 23.7 Å². The van der Waals surface area contributed by atoms with Crippen molar-refractivity contribution in [3.8, 4) is 0 Å². The van der Waals surface area contributed by atoms with Crippen LogP contribution in [0.3, 0.4) is 0 Å². The van der Waals surface area contributed by atoms with E-state index in [2.05, 4.69) is 41.0 Å². The molecule has 2 N–H and O–H groups in total. The van der Waals surface area contributed by atoms with Crippen LogP contribution in [-0.4, -0.2) is 73.4 Å². The molecule has 6 rings (SSSR count). The van der Waals surface area contributed by atoms with E-state index < -0.39 is 29.8 Å². The van der Waals surface area contributed by atoms with E-state index in [1.54, 1.807) is 6.33 Å². The molecule has 2 aliphatic carbocycles. The quantitative estimate of drug-likeness (QED) is 0.466. The molecule has 2 saturated carbocycles. The molecule has 0 bridgehead atoms. The van der Waals surface area contributed by atoms with Gasteiger partial charge in [0.15, 0.2) is 29.0 Å². The molecule has 0 amide bonds. The lowest BCUT2D eigenvalue weighted by molar-refractivity contribution is -0.199. The third-order valence-electron chi connectivity index (χ3n) is 10.4. The first-order chi connectivity index (χ1) is 19.5. The molecule has 4 aliphatic rings. The van der Waals surface area contributed by atoms with Crippen molar-refractivity contribution in [3.63, 3.8) is 0 Å². The Hall–Kier alpha value is -2.34. The molecule has 4 fully saturated rings. The van der Waals surface area contributed by atoms with Gasteiger partial charge >= 0.3 is 5.97 Å². The number of carbonyl (C=O) groups excluding carboxylic acids is 1. The zero-order chi connectivity index (χ0) is 29.2. The maximum Gasteiger partial charge on any atom is 0.303 e. The number of rotatable bonds is 7. The summed E-state index contributed by atoms with van der Waals surface area (Å²) in [5.41, 5.74) is 0.879. The number of hydrogen-bond acceptors (Lipinski definition) is 10. The Labute approximate surface area is 241 Å². The lowest BCUT2D eigenvalue weighted by Gasteiger charge is -2.59. The number of hydrogen-bond donors (Lipinski definition) is 2. The second-order valence-corrected chi connectivity index (χ2v) is 13.6. The van der Waals surface area contributed by atoms with Gasteiger partial charge in [0.05, 0.1) is 12.9 Å². The van der Waals surface area contributed by atoms with Crippen LogP contribution in [0.25, 0.3) is 11.2 Å². The fourth-order valence-corrected chi connectivity index (χ4v) is 8.82. The summed E-state index contributed by atoms with van der Waals surface area (Å²) in [5.74, 6) is 1.21. The number of fused-ring (bicyclic) bond motifs is 3. The number of aromatic nitrogens is 4. The molecular weight excluding hydrogens is 526 g/mol. The Bertz CT molecular complexity index is 1290. The monoisotopic (exact) mass is 571 g/mol. The maximum atomic E-state index is 12.2. The van der Waals surface area contributed by atoms with Gasteiger partial charge in [-0.15, -0.1) is 0 Å². The zero-order valence-electron chi connectivity index (χ0n) is 25.1. The minimum atomic E-state index is -0.769. The van der Waals surface area contributed by atoms with Crippen molar-refractivity contribution in [2.24, 2.45) is 23.2 Å². The molecular formula is C30H45N5O6. The lowest BCUT2D eigenvalue weighted by Crippen LogP contribution is -2.57. The Morgan fingerprint density at radius 2 is 1.93 bits per heavy atom. The number of ether oxygens (including phenoxy) is 4. The average molecular weight is 572 g/mol. The number of aliphatic hydroxyl groups excluding tert-OH is 1. The van der Waals surface area contributed by atoms with E-state index in [1.165, 1.54) is 26.1 Å². The summed E-state index contributed by atoms with van der Waals surface area (Å²) >= 11 is 0. The topological polar surface area (TPSA) is 130 Å². The van der Waals surface area contributed by atoms with E-state index in [1.807, 2.05) is 18.4 Å². The van der Waals surface area contributed by atoms with Gasteiger partial charge in [-0.05, 0) is 63.7 Å². The first kappa shape index (κ1) is 28.8. The van der Waals surface area contributed by atoms with E-state index in [4.69, 9.17) is 18.9 Å². The highest BCUT2D eigenvalue weighted by molar-refractivity contribution is 5.82. The second-order valence-electron chi connectivity index (χ2n) is 13.6. The fraction of sp³-hybridized carbons (Fsp3) is 0.800. The standard InChI is InChI=1S/C30H45N5O6/c1-17-8-7-11-29(5)19(17)9-12-30(6,39-18(2)37)21(29)10-13-31-25-22-26(33-15-32-25)35(16-34-22)27-24-23(20(14-36)38-27)40-28(3,4)41-24/h15-17,19-21,23-24,27,36H,7-14H2,1-6H3,(H,31,32,33)/t17-,19?,20+,21+,23?,24?,27+,29-,30+/m0/s1. The molecule has 0 aromatic carbocycles. The minimum Gasteiger partial charge on any atom is -0.459 e. The molecule has 0 radical (unpaired) electrons. The second kappa shape index (κ2) is 10.4. The van der Waals surface area contributed by atoms with Crippen molar-refractivity contribution >= 4 is 23.0 Å². The molecule has 9 atom stereocenters. The van der Waals surface area contributed by atoms with Crippen LogP contribution in [0.2, 0.25) is 0 Å². The number of nitrogens with zero attached hydrogens (tertiary/aromatic N) is 4. The summed E-state index contributed by atoms with van der Waals surface area (Å²) in [5, 5.41) is 13.4. The summed E-state index contributed by atoms with van der Waals surface area (Å²) < 4.78 is 26.3. The van der Waals surface area contributed by atoms with Gasteiger partial charge in [-0.2, -0.15) is 0 Å². The van der Waals surface area contributed by atoms with E-state index >= 15 is 0 Å². The summed E-state index contributed by atoms with van der Waals surface area (Å²) in [6.07, 6.45) is 7.89. The number of aliphatic hydroxyl groups is 1. The Kier molecular flexibility index (Phi) is 7.32. The van der Waals surface area contributed by atoms with Crippen molar-refractivity contribution in [3.05, 3.63) is 12.7 Å². The Balaban J connectivity index is 1.22. The van der Waals surface area contributed by atoms with Gasteiger partial charge in [0.25, 0.3) is 0 Å². The number of imidazole rings is 1. The molecule has 11 nitrogen and oxygen atoms in total. The van der Waals surface area contributed by atoms with Gasteiger partial charge in [0.2, 0.25) is 0 Å². The predicted octanol–water partition coefficient (Wildman–Crippen LogP) is 4.21. The molecule has 2 aromatic heterocycles. The van der Waals surface area contributed by atoms with Crippen molar-refractivity contribution < 1.29 is 28.8 Å². The van der Waals surface area contributed by atoms with Gasteiger partial charge in [-0.1, -0.05) is 26.7 Å². The van der Waals surface area contributed by atoms with Crippen LogP contribution in [0.4, 0.5) is 5.82 Å². The maximum absolute atomic E-state index is 12.2. The van der Waals surface area contributed by atoms with Crippen molar-refractivity contribution in [1.82, 2.24) is 19.5 Å². The van der Waals surface area contributed by atoms with E-state index in [9.17, 15) is 9.90 Å². The molecule has 0 spiro atoms. The molecule has 2 aliphatic heterocycles. The normalized spacial score (nSPS) is 39.8. The smallest absolute Gasteiger partial charge is 0.303 e. The Morgan fingerprint density at radius 3 is 2.68 bits per heavy atom. The van der Waals surface area contributed by atoms with Gasteiger partial charge < -0.3 is 29.4 Å². The van der Waals surface area contributed by atoms with Gasteiger partial charge in [0.1, 0.15) is 30.2 Å². The number of nitrogens with one attached hydrogen (secondary N) is 1. The SMILES string of the molecule is CC(=O)O[C@]1(C)CCC2[C@@H](C)CCC[C@]2(C)[C@H]1CCNc1ncnc2c1ncn2[C@@H]1O[C@H](CO)C2OC(C)(C)OC21. The summed E-state index contributed by atoms with van der Waals surface area (Å²) in [6.45, 7) is 12.7. The van der Waals surface area contributed by atoms with Crippen LogP contribution in [0.1, 0.15) is 86.3 Å². The third-order valence-corrected chi connectivity index (χ3v) is 10.4. The van der Waals surface area contributed by atoms with Crippen LogP contribution < -0.4 is 5.32 Å². The van der Waals surface area contributed by atoms with Crippen LogP contribution in [0.5, 0.6) is 0 Å². The largest absolute Gasteiger partial charge is 0.459 e. The summed E-state index contributed by atoms with van der Waals surface area (Å²) in [4.78, 5) is 25.9. The number of esters is 1. The molecule has 4 heterocycles. The van der Waals surface area contributed by atoms with Gasteiger partial charge in [-0.25, -0.2) is 15.0 Å². The van der Waals surface area contributed by atoms with E-state index in [0.717, 1.165) is 25.7 Å². The van der Waals surface area contributed by atoms with E-state index in [0.29, 0.717) is 35.4 Å². The fourth-order valence-electron chi connectivity index (χ4n) is 8.82. The molecule has 226 valence electrons. The first-order valence-electron chi connectivity index (χ1n) is 15.2. The van der Waals surface area contributed by atoms with Crippen molar-refractivity contribution in [2.75, 3.05) is 18.5 Å². The molecule has 2 aromatic rings. The Morgan fingerprint density at radius 1 is 1.15 bits per heavy atom. The summed E-state index contributed by atoms with van der Waals surface area (Å²) in [7, 11) is 0. The third kappa shape index (κ3) is 4.92.